The van der Waals surface area contributed by atoms with Crippen LogP contribution in [0.25, 0.3) is 0 Å². The number of amides is 2. The lowest BCUT2D eigenvalue weighted by atomic mass is 10.1. The molecule has 0 saturated heterocycles. The highest BCUT2D eigenvalue weighted by molar-refractivity contribution is 7.92. The van der Waals surface area contributed by atoms with Crippen molar-refractivity contribution in [3.63, 3.8) is 0 Å². The van der Waals surface area contributed by atoms with Crippen molar-refractivity contribution < 1.29 is 18.0 Å². The lowest BCUT2D eigenvalue weighted by Crippen LogP contribution is -2.38. The van der Waals surface area contributed by atoms with Crippen LogP contribution in [0.5, 0.6) is 0 Å². The molecular weight excluding hydrogens is 366 g/mol. The topological polar surface area (TPSA) is 95.6 Å². The zero-order chi connectivity index (χ0) is 20.2. The zero-order valence-corrected chi connectivity index (χ0v) is 16.6. The van der Waals surface area contributed by atoms with Gasteiger partial charge in [0, 0.05) is 18.3 Å². The molecular formula is C19H23N3O4S. The smallest absolute Gasteiger partial charge is 0.245 e. The van der Waals surface area contributed by atoms with Crippen LogP contribution in [0, 0.1) is 13.8 Å². The van der Waals surface area contributed by atoms with Gasteiger partial charge in [0.05, 0.1) is 11.9 Å². The van der Waals surface area contributed by atoms with E-state index in [2.05, 4.69) is 10.6 Å². The number of hydrogen-bond donors (Lipinski definition) is 2. The molecule has 2 amide bonds. The minimum absolute atomic E-state index is 0.225. The van der Waals surface area contributed by atoms with E-state index < -0.39 is 15.9 Å². The van der Waals surface area contributed by atoms with Crippen LogP contribution < -0.4 is 14.9 Å². The summed E-state index contributed by atoms with van der Waals surface area (Å²) >= 11 is 0. The molecule has 0 unspecified atom stereocenters. The molecule has 0 aliphatic rings. The Labute approximate surface area is 159 Å². The van der Waals surface area contributed by atoms with Crippen molar-refractivity contribution >= 4 is 38.9 Å². The Morgan fingerprint density at radius 3 is 2.19 bits per heavy atom. The number of nitrogens with one attached hydrogen (secondary N) is 2. The van der Waals surface area contributed by atoms with E-state index in [0.29, 0.717) is 17.1 Å². The van der Waals surface area contributed by atoms with Gasteiger partial charge >= 0.3 is 0 Å². The summed E-state index contributed by atoms with van der Waals surface area (Å²) in [6.07, 6.45) is 1.07. The van der Waals surface area contributed by atoms with Gasteiger partial charge in [0.2, 0.25) is 21.8 Å². The van der Waals surface area contributed by atoms with Crippen LogP contribution in [0.15, 0.2) is 42.5 Å². The van der Waals surface area contributed by atoms with Gasteiger partial charge in [-0.2, -0.15) is 0 Å². The Balaban J connectivity index is 2.23. The second-order valence-corrected chi connectivity index (χ2v) is 8.21. The van der Waals surface area contributed by atoms with Crippen LogP contribution in [-0.2, 0) is 19.6 Å². The summed E-state index contributed by atoms with van der Waals surface area (Å²) in [7, 11) is -3.65. The molecule has 0 aliphatic heterocycles. The van der Waals surface area contributed by atoms with Crippen LogP contribution in [0.2, 0.25) is 0 Å². The molecule has 0 heterocycles. The normalized spacial score (nSPS) is 11.0. The third kappa shape index (κ3) is 5.55. The summed E-state index contributed by atoms with van der Waals surface area (Å²) in [6.45, 7) is 4.73. The molecule has 0 spiro atoms. The van der Waals surface area contributed by atoms with Crippen molar-refractivity contribution in [2.24, 2.45) is 0 Å². The summed E-state index contributed by atoms with van der Waals surface area (Å²) in [5.74, 6) is -0.710. The lowest BCUT2D eigenvalue weighted by molar-refractivity contribution is -0.115. The molecule has 0 saturated carbocycles. The third-order valence-corrected chi connectivity index (χ3v) is 5.13. The minimum atomic E-state index is -3.65. The monoisotopic (exact) mass is 389 g/mol. The summed E-state index contributed by atoms with van der Waals surface area (Å²) in [5.41, 5.74) is 3.20. The van der Waals surface area contributed by atoms with Gasteiger partial charge in [-0.1, -0.05) is 18.2 Å². The highest BCUT2D eigenvalue weighted by Crippen LogP contribution is 2.25. The predicted octanol–water partition coefficient (Wildman–Crippen LogP) is 2.67. The number of carbonyl (C=O) groups excluding carboxylic acids is 2. The summed E-state index contributed by atoms with van der Waals surface area (Å²) < 4.78 is 25.6. The van der Waals surface area contributed by atoms with E-state index >= 15 is 0 Å². The van der Waals surface area contributed by atoms with Crippen LogP contribution in [0.3, 0.4) is 0 Å². The maximum absolute atomic E-state index is 12.5. The van der Waals surface area contributed by atoms with Crippen molar-refractivity contribution in [3.05, 3.63) is 53.6 Å². The number of carbonyl (C=O) groups is 2. The first kappa shape index (κ1) is 20.4. The van der Waals surface area contributed by atoms with E-state index in [4.69, 9.17) is 0 Å². The van der Waals surface area contributed by atoms with Gasteiger partial charge in [-0.05, 0) is 49.2 Å². The van der Waals surface area contributed by atoms with Gasteiger partial charge in [0.1, 0.15) is 6.54 Å². The molecule has 7 nitrogen and oxygen atoms in total. The van der Waals surface area contributed by atoms with Crippen molar-refractivity contribution in [1.82, 2.24) is 0 Å². The number of benzene rings is 2. The SMILES string of the molecule is CC(=O)Nc1cccc(NC(=O)CN(c2cccc(C)c2C)S(C)(=O)=O)c1. The van der Waals surface area contributed by atoms with E-state index in [9.17, 15) is 18.0 Å². The van der Waals surface area contributed by atoms with Crippen LogP contribution >= 0.6 is 0 Å². The zero-order valence-electron chi connectivity index (χ0n) is 15.7. The highest BCUT2D eigenvalue weighted by Gasteiger charge is 2.22. The molecule has 27 heavy (non-hydrogen) atoms. The molecule has 0 radical (unpaired) electrons. The van der Waals surface area contributed by atoms with E-state index in [1.54, 1.807) is 36.4 Å². The van der Waals surface area contributed by atoms with E-state index in [1.165, 1.54) is 6.92 Å². The van der Waals surface area contributed by atoms with Gasteiger partial charge in [0.15, 0.2) is 0 Å². The fourth-order valence-corrected chi connectivity index (χ4v) is 3.50. The number of hydrogen-bond acceptors (Lipinski definition) is 4. The summed E-state index contributed by atoms with van der Waals surface area (Å²) in [6, 6.07) is 11.9. The molecule has 0 atom stereocenters. The van der Waals surface area contributed by atoms with Gasteiger partial charge in [-0.15, -0.1) is 0 Å². The number of sulfonamides is 1. The molecule has 0 bridgehead atoms. The Bertz CT molecular complexity index is 971. The van der Waals surface area contributed by atoms with Gasteiger partial charge < -0.3 is 10.6 Å². The number of aryl methyl sites for hydroxylation is 1. The quantitative estimate of drug-likeness (QED) is 0.794. The first-order valence-electron chi connectivity index (χ1n) is 8.29. The van der Waals surface area contributed by atoms with Crippen LogP contribution in [0.4, 0.5) is 17.1 Å². The molecule has 0 fully saturated rings. The lowest BCUT2D eigenvalue weighted by Gasteiger charge is -2.24. The second-order valence-electron chi connectivity index (χ2n) is 6.30. The first-order chi connectivity index (χ1) is 12.6. The largest absolute Gasteiger partial charge is 0.326 e. The molecule has 2 rings (SSSR count). The minimum Gasteiger partial charge on any atom is -0.326 e. The maximum Gasteiger partial charge on any atom is 0.245 e. The van der Waals surface area contributed by atoms with Crippen LogP contribution in [-0.4, -0.2) is 33.0 Å². The summed E-state index contributed by atoms with van der Waals surface area (Å²) in [4.78, 5) is 23.6. The average molecular weight is 389 g/mol. The fraction of sp³-hybridized carbons (Fsp3) is 0.263. The molecule has 144 valence electrons. The van der Waals surface area contributed by atoms with Crippen LogP contribution in [0.1, 0.15) is 18.1 Å². The molecule has 0 aliphatic carbocycles. The van der Waals surface area contributed by atoms with E-state index in [1.807, 2.05) is 19.9 Å². The Hall–Kier alpha value is -2.87. The second kappa shape index (κ2) is 8.22. The third-order valence-electron chi connectivity index (χ3n) is 4.00. The molecule has 0 aromatic heterocycles. The van der Waals surface area contributed by atoms with Gasteiger partial charge in [-0.25, -0.2) is 8.42 Å². The van der Waals surface area contributed by atoms with Crippen molar-refractivity contribution in [1.29, 1.82) is 0 Å². The standard InChI is InChI=1S/C19H23N3O4S/c1-13-7-5-10-18(14(13)2)22(27(4,25)26)12-19(24)21-17-9-6-8-16(11-17)20-15(3)23/h5-11H,12H2,1-4H3,(H,20,23)(H,21,24). The van der Waals surface area contributed by atoms with Crippen molar-refractivity contribution in [3.8, 4) is 0 Å². The Morgan fingerprint density at radius 1 is 1.00 bits per heavy atom. The maximum atomic E-state index is 12.5. The van der Waals surface area contributed by atoms with Crippen molar-refractivity contribution in [2.75, 3.05) is 27.7 Å². The van der Waals surface area contributed by atoms with E-state index in [0.717, 1.165) is 21.7 Å². The highest BCUT2D eigenvalue weighted by atomic mass is 32.2. The Morgan fingerprint density at radius 2 is 1.59 bits per heavy atom. The van der Waals surface area contributed by atoms with Gasteiger partial charge in [0.25, 0.3) is 0 Å². The average Bonchev–Trinajstić information content (AvgIpc) is 2.54. The first-order valence-corrected chi connectivity index (χ1v) is 10.1. The van der Waals surface area contributed by atoms with Crippen molar-refractivity contribution in [2.45, 2.75) is 20.8 Å². The molecule has 2 aromatic rings. The molecule has 2 N–H and O–H groups in total. The van der Waals surface area contributed by atoms with E-state index in [-0.39, 0.29) is 12.5 Å². The number of nitrogens with zero attached hydrogens (tertiary/aromatic N) is 1. The fourth-order valence-electron chi connectivity index (χ4n) is 2.60. The Kier molecular flexibility index (Phi) is 6.22. The molecule has 2 aromatic carbocycles. The van der Waals surface area contributed by atoms with Gasteiger partial charge in [-0.3, -0.25) is 13.9 Å². The number of rotatable bonds is 6. The summed E-state index contributed by atoms with van der Waals surface area (Å²) in [5, 5.41) is 5.29. The molecule has 8 heteroatoms. The number of anilines is 3. The predicted molar refractivity (Wildman–Crippen MR) is 107 cm³/mol.